The van der Waals surface area contributed by atoms with Gasteiger partial charge in [-0.3, -0.25) is 4.90 Å². The number of alkyl halides is 3. The van der Waals surface area contributed by atoms with E-state index in [-0.39, 0.29) is 29.3 Å². The molecule has 1 saturated carbocycles. The third-order valence-electron chi connectivity index (χ3n) is 7.62. The molecular formula is C29H29F4N7O. The van der Waals surface area contributed by atoms with Crippen LogP contribution in [0.4, 0.5) is 39.5 Å². The minimum atomic E-state index is -4.59. The fraction of sp³-hybridized carbons (Fsp3) is 0.345. The maximum Gasteiger partial charge on any atom is 0.416 e. The van der Waals surface area contributed by atoms with Crippen molar-refractivity contribution in [2.75, 3.05) is 29.5 Å². The Morgan fingerprint density at radius 2 is 1.80 bits per heavy atom. The lowest BCUT2D eigenvalue weighted by Crippen LogP contribution is -2.30. The molecule has 214 valence electrons. The summed E-state index contributed by atoms with van der Waals surface area (Å²) in [6, 6.07) is 7.47. The van der Waals surface area contributed by atoms with Crippen LogP contribution in [0.5, 0.6) is 0 Å². The average molecular weight is 568 g/mol. The Bertz CT molecular complexity index is 1610. The lowest BCUT2D eigenvalue weighted by Gasteiger charge is -2.27. The van der Waals surface area contributed by atoms with Crippen LogP contribution in [-0.4, -0.2) is 38.6 Å². The van der Waals surface area contributed by atoms with Gasteiger partial charge in [0, 0.05) is 30.0 Å². The van der Waals surface area contributed by atoms with E-state index in [0.717, 1.165) is 51.3 Å². The number of benzene rings is 2. The second-order valence-corrected chi connectivity index (χ2v) is 10.6. The molecule has 2 aromatic heterocycles. The number of halogens is 4. The Kier molecular flexibility index (Phi) is 7.02. The smallest absolute Gasteiger partial charge is 0.383 e. The predicted octanol–water partition coefficient (Wildman–Crippen LogP) is 6.80. The van der Waals surface area contributed by atoms with E-state index in [1.54, 1.807) is 6.07 Å². The Balaban J connectivity index is 1.19. The standard InChI is InChI=1S/C29H29F4N7O/c30-23-12-17(21-15-40(20-7-8-20)27-25(21)26(34)35-16-36-27)5-9-24(23)38-28(41)37-19-6-4-18(22(13-19)29(31,32)33)14-39-10-2-1-3-11-39/h4-6,9,12-13,15-16,20H,1-3,7-8,10-11,14H2,(H2,34,35,36)(H2,37,38,41). The van der Waals surface area contributed by atoms with Crippen molar-refractivity contribution in [1.29, 1.82) is 0 Å². The van der Waals surface area contributed by atoms with Gasteiger partial charge in [0.15, 0.2) is 0 Å². The van der Waals surface area contributed by atoms with Crippen LogP contribution in [0.15, 0.2) is 48.9 Å². The number of hydrogen-bond donors (Lipinski definition) is 3. The van der Waals surface area contributed by atoms with Gasteiger partial charge in [-0.2, -0.15) is 13.2 Å². The second-order valence-electron chi connectivity index (χ2n) is 10.6. The largest absolute Gasteiger partial charge is 0.416 e. The van der Waals surface area contributed by atoms with Crippen LogP contribution >= 0.6 is 0 Å². The molecule has 3 heterocycles. The average Bonchev–Trinajstić information content (AvgIpc) is 3.70. The summed E-state index contributed by atoms with van der Waals surface area (Å²) >= 11 is 0. The zero-order chi connectivity index (χ0) is 28.7. The fourth-order valence-corrected chi connectivity index (χ4v) is 5.44. The molecule has 8 nitrogen and oxygen atoms in total. The summed E-state index contributed by atoms with van der Waals surface area (Å²) in [6.45, 7) is 1.71. The van der Waals surface area contributed by atoms with Crippen LogP contribution < -0.4 is 16.4 Å². The summed E-state index contributed by atoms with van der Waals surface area (Å²) in [5.74, 6) is -0.431. The van der Waals surface area contributed by atoms with E-state index >= 15 is 4.39 Å². The first-order valence-electron chi connectivity index (χ1n) is 13.6. The van der Waals surface area contributed by atoms with Gasteiger partial charge in [-0.25, -0.2) is 19.2 Å². The molecule has 0 unspecified atom stereocenters. The second kappa shape index (κ2) is 10.7. The number of anilines is 3. The van der Waals surface area contributed by atoms with Gasteiger partial charge in [-0.05, 0) is 74.2 Å². The fourth-order valence-electron chi connectivity index (χ4n) is 5.44. The van der Waals surface area contributed by atoms with Crippen molar-refractivity contribution in [1.82, 2.24) is 19.4 Å². The van der Waals surface area contributed by atoms with Gasteiger partial charge in [0.1, 0.15) is 23.6 Å². The molecule has 12 heteroatoms. The van der Waals surface area contributed by atoms with Crippen LogP contribution in [0, 0.1) is 5.82 Å². The summed E-state index contributed by atoms with van der Waals surface area (Å²) in [4.78, 5) is 23.1. The van der Waals surface area contributed by atoms with Gasteiger partial charge >= 0.3 is 12.2 Å². The molecule has 0 atom stereocenters. The summed E-state index contributed by atoms with van der Waals surface area (Å²) in [5, 5.41) is 5.41. The summed E-state index contributed by atoms with van der Waals surface area (Å²) in [6.07, 6.45) is 3.74. The molecule has 2 aliphatic rings. The molecule has 1 saturated heterocycles. The molecule has 0 bridgehead atoms. The molecule has 1 aliphatic heterocycles. The Morgan fingerprint density at radius 1 is 1.02 bits per heavy atom. The van der Waals surface area contributed by atoms with Gasteiger partial charge in [0.25, 0.3) is 0 Å². The highest BCUT2D eigenvalue weighted by Crippen LogP contribution is 2.42. The quantitative estimate of drug-likeness (QED) is 0.223. The van der Waals surface area contributed by atoms with Gasteiger partial charge in [-0.1, -0.05) is 18.6 Å². The van der Waals surface area contributed by atoms with E-state index < -0.39 is 23.6 Å². The number of rotatable bonds is 6. The van der Waals surface area contributed by atoms with Gasteiger partial charge in [-0.15, -0.1) is 0 Å². The number of carbonyl (C=O) groups is 1. The van der Waals surface area contributed by atoms with Gasteiger partial charge < -0.3 is 20.9 Å². The molecule has 4 N–H and O–H groups in total. The van der Waals surface area contributed by atoms with Gasteiger partial charge in [0.05, 0.1) is 16.6 Å². The van der Waals surface area contributed by atoms with E-state index in [1.165, 1.54) is 30.6 Å². The molecule has 2 amide bonds. The molecule has 0 radical (unpaired) electrons. The number of amides is 2. The normalized spacial score (nSPS) is 16.2. The highest BCUT2D eigenvalue weighted by Gasteiger charge is 2.34. The van der Waals surface area contributed by atoms with Crippen LogP contribution in [0.1, 0.15) is 49.3 Å². The van der Waals surface area contributed by atoms with E-state index in [2.05, 4.69) is 20.6 Å². The molecular weight excluding hydrogens is 538 g/mol. The number of nitrogens with zero attached hydrogens (tertiary/aromatic N) is 4. The highest BCUT2D eigenvalue weighted by molar-refractivity contribution is 6.02. The van der Waals surface area contributed by atoms with Crippen molar-refractivity contribution in [3.63, 3.8) is 0 Å². The number of likely N-dealkylation sites (tertiary alicyclic amines) is 1. The van der Waals surface area contributed by atoms with Crippen LogP contribution in [-0.2, 0) is 12.7 Å². The van der Waals surface area contributed by atoms with Crippen molar-refractivity contribution < 1.29 is 22.4 Å². The predicted molar refractivity (Wildman–Crippen MR) is 149 cm³/mol. The van der Waals surface area contributed by atoms with E-state index in [9.17, 15) is 18.0 Å². The Hall–Kier alpha value is -4.19. The molecule has 6 rings (SSSR count). The molecule has 1 aliphatic carbocycles. The first-order valence-corrected chi connectivity index (χ1v) is 13.6. The van der Waals surface area contributed by atoms with Crippen molar-refractivity contribution >= 4 is 34.3 Å². The summed E-state index contributed by atoms with van der Waals surface area (Å²) < 4.78 is 58.7. The van der Waals surface area contributed by atoms with E-state index in [1.807, 2.05) is 15.7 Å². The Labute approximate surface area is 233 Å². The Morgan fingerprint density at radius 3 is 2.51 bits per heavy atom. The highest BCUT2D eigenvalue weighted by atomic mass is 19.4. The number of carbonyl (C=O) groups excluding carboxylic acids is 1. The number of piperidine rings is 1. The zero-order valence-corrected chi connectivity index (χ0v) is 22.1. The number of nitrogens with two attached hydrogens (primary N) is 1. The number of nitrogen functional groups attached to an aromatic ring is 1. The van der Waals surface area contributed by atoms with Crippen molar-refractivity contribution in [2.24, 2.45) is 0 Å². The molecule has 4 aromatic rings. The number of hydrogen-bond acceptors (Lipinski definition) is 5. The first kappa shape index (κ1) is 27.0. The molecule has 41 heavy (non-hydrogen) atoms. The minimum absolute atomic E-state index is 0.0439. The van der Waals surface area contributed by atoms with Crippen LogP contribution in [0.2, 0.25) is 0 Å². The zero-order valence-electron chi connectivity index (χ0n) is 22.1. The monoisotopic (exact) mass is 567 g/mol. The number of nitrogens with one attached hydrogen (secondary N) is 2. The van der Waals surface area contributed by atoms with Crippen molar-refractivity contribution in [3.05, 3.63) is 65.9 Å². The third-order valence-corrected chi connectivity index (χ3v) is 7.62. The van der Waals surface area contributed by atoms with Gasteiger partial charge in [0.2, 0.25) is 0 Å². The molecule has 2 fully saturated rings. The van der Waals surface area contributed by atoms with Crippen LogP contribution in [0.25, 0.3) is 22.2 Å². The van der Waals surface area contributed by atoms with Crippen molar-refractivity contribution in [2.45, 2.75) is 50.9 Å². The number of urea groups is 1. The minimum Gasteiger partial charge on any atom is -0.383 e. The third kappa shape index (κ3) is 5.69. The van der Waals surface area contributed by atoms with E-state index in [0.29, 0.717) is 28.2 Å². The lowest BCUT2D eigenvalue weighted by atomic mass is 10.0. The molecule has 0 spiro atoms. The summed E-state index contributed by atoms with van der Waals surface area (Å²) in [5.41, 5.74) is 7.19. The lowest BCUT2D eigenvalue weighted by molar-refractivity contribution is -0.138. The number of aromatic nitrogens is 3. The number of fused-ring (bicyclic) bond motifs is 1. The maximum absolute atomic E-state index is 15.1. The first-order chi connectivity index (χ1) is 19.7. The maximum atomic E-state index is 15.1. The van der Waals surface area contributed by atoms with E-state index in [4.69, 9.17) is 5.73 Å². The SMILES string of the molecule is Nc1ncnc2c1c(-c1ccc(NC(=O)Nc3ccc(CN4CCCCC4)c(C(F)(F)F)c3)c(F)c1)cn2C1CC1. The van der Waals surface area contributed by atoms with Crippen molar-refractivity contribution in [3.8, 4) is 11.1 Å². The summed E-state index contributed by atoms with van der Waals surface area (Å²) in [7, 11) is 0. The molecule has 2 aromatic carbocycles. The van der Waals surface area contributed by atoms with Crippen LogP contribution in [0.3, 0.4) is 0 Å². The topological polar surface area (TPSA) is 101 Å².